The van der Waals surface area contributed by atoms with Crippen LogP contribution in [0.1, 0.15) is 126 Å². The highest BCUT2D eigenvalue weighted by Gasteiger charge is 2.35. The number of esters is 1. The molecule has 0 saturated heterocycles. The third kappa shape index (κ3) is 18.9. The van der Waals surface area contributed by atoms with E-state index in [-0.39, 0.29) is 46.8 Å². The lowest BCUT2D eigenvalue weighted by Crippen LogP contribution is -2.32. The second-order valence-electron chi connectivity index (χ2n) is 13.4. The van der Waals surface area contributed by atoms with Gasteiger partial charge in [-0.15, -0.1) is 0 Å². The van der Waals surface area contributed by atoms with Gasteiger partial charge in [-0.3, -0.25) is 9.69 Å². The van der Waals surface area contributed by atoms with Crippen molar-refractivity contribution in [2.75, 3.05) is 0 Å². The minimum Gasteiger partial charge on any atom is -0.460 e. The summed E-state index contributed by atoms with van der Waals surface area (Å²) in [5, 5.41) is -0.0881. The second kappa shape index (κ2) is 19.2. The molecule has 43 heavy (non-hydrogen) atoms. The van der Waals surface area contributed by atoms with Crippen LogP contribution in [0.3, 0.4) is 0 Å². The lowest BCUT2D eigenvalue weighted by Gasteiger charge is -2.20. The van der Waals surface area contributed by atoms with E-state index in [9.17, 15) is 22.4 Å². The number of benzene rings is 1. The van der Waals surface area contributed by atoms with Crippen molar-refractivity contribution in [3.05, 3.63) is 35.1 Å². The number of hydrogen-bond acceptors (Lipinski definition) is 6. The Morgan fingerprint density at radius 1 is 1.02 bits per heavy atom. The molecule has 3 rings (SSSR count). The molecule has 1 aromatic rings. The molecule has 0 spiro atoms. The van der Waals surface area contributed by atoms with Gasteiger partial charge in [0.25, 0.3) is 0 Å². The standard InChI is InChI=1S/C12H14FNO2.C8H16O2.C7H16.C6H13NO2S/c1-8(2)16-12(15)14-6-9-4-3-5-11(13)10(9)7-14;1-6(2)7(9)10-8(3,4)5;1-4-5-6-7(2)3;1-5(2)7-10(8,9)6-3-4-6/h3-5,8H,6-7H2,1-2H3;6H,1-5H3;7H,4-6H2,1-3H3;5-7H,3-4H2,1-2H3. The molecule has 1 aliphatic heterocycles. The summed E-state index contributed by atoms with van der Waals surface area (Å²) in [4.78, 5) is 24.1. The van der Waals surface area contributed by atoms with Crippen LogP contribution in [0.25, 0.3) is 0 Å². The smallest absolute Gasteiger partial charge is 0.410 e. The number of halogens is 1. The fourth-order valence-electron chi connectivity index (χ4n) is 3.62. The molecule has 1 aliphatic carbocycles. The Hall–Kier alpha value is -2.20. The predicted octanol–water partition coefficient (Wildman–Crippen LogP) is 7.98. The molecule has 1 amide bonds. The van der Waals surface area contributed by atoms with Gasteiger partial charge in [-0.2, -0.15) is 0 Å². The average Bonchev–Trinajstić information content (AvgIpc) is 3.62. The number of carbonyl (C=O) groups is 2. The molecule has 1 heterocycles. The lowest BCUT2D eigenvalue weighted by molar-refractivity contribution is -0.158. The van der Waals surface area contributed by atoms with Gasteiger partial charge in [0, 0.05) is 18.2 Å². The zero-order valence-electron chi connectivity index (χ0n) is 28.8. The first-order chi connectivity index (χ1) is 19.7. The highest BCUT2D eigenvalue weighted by Crippen LogP contribution is 2.27. The van der Waals surface area contributed by atoms with Gasteiger partial charge >= 0.3 is 12.1 Å². The van der Waals surface area contributed by atoms with E-state index in [1.54, 1.807) is 19.9 Å². The molecule has 1 fully saturated rings. The van der Waals surface area contributed by atoms with Gasteiger partial charge in [0.2, 0.25) is 10.0 Å². The minimum absolute atomic E-state index is 0.0285. The summed E-state index contributed by atoms with van der Waals surface area (Å²) >= 11 is 0. The van der Waals surface area contributed by atoms with Crippen molar-refractivity contribution in [2.45, 2.75) is 151 Å². The summed E-state index contributed by atoms with van der Waals surface area (Å²) in [7, 11) is -2.94. The molecule has 2 aliphatic rings. The molecular formula is C33H59FN2O6S. The Morgan fingerprint density at radius 2 is 1.60 bits per heavy atom. The van der Waals surface area contributed by atoms with E-state index in [1.165, 1.54) is 30.2 Å². The number of carbonyl (C=O) groups excluding carboxylic acids is 2. The first-order valence-electron chi connectivity index (χ1n) is 15.7. The van der Waals surface area contributed by atoms with Gasteiger partial charge < -0.3 is 9.47 Å². The van der Waals surface area contributed by atoms with Crippen LogP contribution in [0.15, 0.2) is 18.2 Å². The number of hydrogen-bond donors (Lipinski definition) is 1. The van der Waals surface area contributed by atoms with Gasteiger partial charge in [-0.05, 0) is 78.9 Å². The fraction of sp³-hybridized carbons (Fsp3) is 0.758. The maximum absolute atomic E-state index is 13.4. The Labute approximate surface area is 261 Å². The number of amides is 1. The SMILES string of the molecule is CC(C)C(=O)OC(C)(C)C.CC(C)NS(=O)(=O)C1CC1.CC(C)OC(=O)N1Cc2cccc(F)c2C1.CCCCC(C)C. The molecule has 1 N–H and O–H groups in total. The Balaban J connectivity index is 0.000000576. The highest BCUT2D eigenvalue weighted by atomic mass is 32.2. The highest BCUT2D eigenvalue weighted by molar-refractivity contribution is 7.90. The fourth-order valence-corrected chi connectivity index (χ4v) is 5.23. The normalized spacial score (nSPS) is 14.3. The van der Waals surface area contributed by atoms with E-state index in [0.717, 1.165) is 24.3 Å². The lowest BCUT2D eigenvalue weighted by atomic mass is 10.1. The van der Waals surface area contributed by atoms with Crippen molar-refractivity contribution >= 4 is 22.1 Å². The monoisotopic (exact) mass is 630 g/mol. The zero-order chi connectivity index (χ0) is 33.5. The van der Waals surface area contributed by atoms with Crippen molar-refractivity contribution in [1.82, 2.24) is 9.62 Å². The predicted molar refractivity (Wildman–Crippen MR) is 173 cm³/mol. The Bertz CT molecular complexity index is 1080. The van der Waals surface area contributed by atoms with E-state index < -0.39 is 10.0 Å². The molecule has 10 heteroatoms. The summed E-state index contributed by atoms with van der Waals surface area (Å²) in [6, 6.07) is 4.94. The zero-order valence-corrected chi connectivity index (χ0v) is 29.6. The molecule has 8 nitrogen and oxygen atoms in total. The van der Waals surface area contributed by atoms with Crippen molar-refractivity contribution in [1.29, 1.82) is 0 Å². The molecule has 0 atom stereocenters. The van der Waals surface area contributed by atoms with Crippen LogP contribution < -0.4 is 4.72 Å². The summed E-state index contributed by atoms with van der Waals surface area (Å²) in [5.74, 6) is 0.490. The number of nitrogens with zero attached hydrogens (tertiary/aromatic N) is 1. The van der Waals surface area contributed by atoms with Crippen molar-refractivity contribution < 1.29 is 31.9 Å². The average molecular weight is 631 g/mol. The third-order valence-electron chi connectivity index (χ3n) is 5.90. The van der Waals surface area contributed by atoms with Gasteiger partial charge in [0.1, 0.15) is 11.4 Å². The quantitative estimate of drug-likeness (QED) is 0.292. The third-order valence-corrected chi connectivity index (χ3v) is 8.05. The van der Waals surface area contributed by atoms with E-state index >= 15 is 0 Å². The molecule has 0 radical (unpaired) electrons. The van der Waals surface area contributed by atoms with Crippen molar-refractivity contribution in [3.63, 3.8) is 0 Å². The van der Waals surface area contributed by atoms with Crippen molar-refractivity contribution in [2.24, 2.45) is 11.8 Å². The number of rotatable bonds is 8. The first kappa shape index (κ1) is 40.8. The topological polar surface area (TPSA) is 102 Å². The van der Waals surface area contributed by atoms with Crippen LogP contribution in [0.4, 0.5) is 9.18 Å². The van der Waals surface area contributed by atoms with Crippen LogP contribution >= 0.6 is 0 Å². The number of unbranched alkanes of at least 4 members (excludes halogenated alkanes) is 1. The van der Waals surface area contributed by atoms with Gasteiger partial charge in [-0.25, -0.2) is 22.3 Å². The molecule has 1 saturated carbocycles. The number of sulfonamides is 1. The molecule has 0 unspecified atom stereocenters. The summed E-state index contributed by atoms with van der Waals surface area (Å²) in [6.45, 7) is 24.0. The minimum atomic E-state index is -2.94. The summed E-state index contributed by atoms with van der Waals surface area (Å²) in [5.41, 5.74) is 1.12. The molecule has 250 valence electrons. The van der Waals surface area contributed by atoms with Crippen LogP contribution in [0, 0.1) is 17.7 Å². The Kier molecular flexibility index (Phi) is 18.3. The van der Waals surface area contributed by atoms with Gasteiger partial charge in [-0.1, -0.05) is 66.0 Å². The van der Waals surface area contributed by atoms with Gasteiger partial charge in [0.05, 0.1) is 23.8 Å². The number of ether oxygens (including phenoxy) is 2. The van der Waals surface area contributed by atoms with E-state index in [1.807, 2.05) is 54.5 Å². The maximum Gasteiger partial charge on any atom is 0.410 e. The summed E-state index contributed by atoms with van der Waals surface area (Å²) < 4.78 is 48.3. The van der Waals surface area contributed by atoms with E-state index in [0.29, 0.717) is 18.7 Å². The number of fused-ring (bicyclic) bond motifs is 1. The van der Waals surface area contributed by atoms with Crippen LogP contribution in [-0.4, -0.2) is 48.4 Å². The van der Waals surface area contributed by atoms with Crippen LogP contribution in [0.2, 0.25) is 0 Å². The van der Waals surface area contributed by atoms with Crippen LogP contribution in [-0.2, 0) is 37.4 Å². The summed E-state index contributed by atoms with van der Waals surface area (Å²) in [6.07, 6.45) is 5.28. The van der Waals surface area contributed by atoms with E-state index in [4.69, 9.17) is 9.47 Å². The molecular weight excluding hydrogens is 571 g/mol. The Morgan fingerprint density at radius 3 is 1.95 bits per heavy atom. The van der Waals surface area contributed by atoms with Gasteiger partial charge in [0.15, 0.2) is 0 Å². The van der Waals surface area contributed by atoms with Crippen LogP contribution in [0.5, 0.6) is 0 Å². The van der Waals surface area contributed by atoms with E-state index in [2.05, 4.69) is 25.5 Å². The second-order valence-corrected chi connectivity index (χ2v) is 15.4. The van der Waals surface area contributed by atoms with Crippen molar-refractivity contribution in [3.8, 4) is 0 Å². The largest absolute Gasteiger partial charge is 0.460 e. The molecule has 1 aromatic carbocycles. The molecule has 0 aromatic heterocycles. The molecule has 0 bridgehead atoms. The first-order valence-corrected chi connectivity index (χ1v) is 17.2. The maximum atomic E-state index is 13.4. The number of nitrogens with one attached hydrogen (secondary N) is 1.